The number of nitriles is 1. The number of pyridine rings is 1. The average Bonchev–Trinajstić information content (AvgIpc) is 2.71. The number of hydrogen-bond donors (Lipinski definition) is 2. The van der Waals surface area contributed by atoms with E-state index in [1.54, 1.807) is 24.3 Å². The Morgan fingerprint density at radius 2 is 1.50 bits per heavy atom. The monoisotopic (exact) mass is 394 g/mol. The number of nitrogens with one attached hydrogen (secondary N) is 2. The zero-order chi connectivity index (χ0) is 20.1. The normalized spacial score (nSPS) is 10.0. The van der Waals surface area contributed by atoms with E-state index in [2.05, 4.69) is 15.6 Å². The maximum atomic E-state index is 13.2. The summed E-state index contributed by atoms with van der Waals surface area (Å²) in [6, 6.07) is 16.5. The number of rotatable bonds is 4. The standard InChI is InChI=1S/C20H12ClFN4O2/c21-15-10-14(8-9-16(15)22)25-20(28)18-3-1-2-17(26-18)19(27)24-13-6-4-12(11-23)5-7-13/h1-10H,(H,24,27)(H,25,28). The Labute approximate surface area is 164 Å². The molecule has 0 aliphatic carbocycles. The molecule has 138 valence electrons. The quantitative estimate of drug-likeness (QED) is 0.691. The van der Waals surface area contributed by atoms with Crippen LogP contribution in [-0.2, 0) is 0 Å². The first kappa shape index (κ1) is 19.0. The Morgan fingerprint density at radius 3 is 2.07 bits per heavy atom. The van der Waals surface area contributed by atoms with Crippen molar-refractivity contribution in [1.82, 2.24) is 4.98 Å². The van der Waals surface area contributed by atoms with Crippen LogP contribution in [-0.4, -0.2) is 16.8 Å². The van der Waals surface area contributed by atoms with E-state index >= 15 is 0 Å². The number of hydrogen-bond acceptors (Lipinski definition) is 4. The van der Waals surface area contributed by atoms with Crippen molar-refractivity contribution < 1.29 is 14.0 Å². The van der Waals surface area contributed by atoms with Crippen molar-refractivity contribution in [3.05, 3.63) is 88.5 Å². The van der Waals surface area contributed by atoms with Gasteiger partial charge in [0.1, 0.15) is 17.2 Å². The van der Waals surface area contributed by atoms with Gasteiger partial charge in [-0.05, 0) is 54.6 Å². The smallest absolute Gasteiger partial charge is 0.274 e. The minimum Gasteiger partial charge on any atom is -0.321 e. The number of anilines is 2. The van der Waals surface area contributed by atoms with E-state index < -0.39 is 17.6 Å². The lowest BCUT2D eigenvalue weighted by molar-refractivity contribution is 0.101. The summed E-state index contributed by atoms with van der Waals surface area (Å²) in [5, 5.41) is 13.8. The van der Waals surface area contributed by atoms with Gasteiger partial charge in [-0.15, -0.1) is 0 Å². The zero-order valence-corrected chi connectivity index (χ0v) is 15.0. The fourth-order valence-electron chi connectivity index (χ4n) is 2.28. The van der Waals surface area contributed by atoms with Crippen molar-refractivity contribution in [2.75, 3.05) is 10.6 Å². The lowest BCUT2D eigenvalue weighted by Crippen LogP contribution is -2.18. The Hall–Kier alpha value is -3.76. The largest absolute Gasteiger partial charge is 0.321 e. The second kappa shape index (κ2) is 8.29. The number of carbonyl (C=O) groups excluding carboxylic acids is 2. The molecule has 0 unspecified atom stereocenters. The second-order valence-corrected chi connectivity index (χ2v) is 6.04. The minimum atomic E-state index is -0.598. The van der Waals surface area contributed by atoms with Crippen molar-refractivity contribution in [2.45, 2.75) is 0 Å². The molecule has 28 heavy (non-hydrogen) atoms. The highest BCUT2D eigenvalue weighted by atomic mass is 35.5. The predicted octanol–water partition coefficient (Wildman–Crippen LogP) is 4.25. The van der Waals surface area contributed by atoms with E-state index in [1.807, 2.05) is 6.07 Å². The molecule has 2 N–H and O–H groups in total. The van der Waals surface area contributed by atoms with Gasteiger partial charge in [0.15, 0.2) is 0 Å². The molecule has 0 saturated carbocycles. The summed E-state index contributed by atoms with van der Waals surface area (Å²) in [5.41, 5.74) is 1.30. The highest BCUT2D eigenvalue weighted by Crippen LogP contribution is 2.20. The molecule has 0 bridgehead atoms. The lowest BCUT2D eigenvalue weighted by Gasteiger charge is -2.08. The second-order valence-electron chi connectivity index (χ2n) is 5.63. The van der Waals surface area contributed by atoms with Gasteiger partial charge >= 0.3 is 0 Å². The molecule has 0 fully saturated rings. The molecule has 0 saturated heterocycles. The van der Waals surface area contributed by atoms with Crippen LogP contribution in [0.2, 0.25) is 5.02 Å². The number of amides is 2. The molecule has 3 rings (SSSR count). The predicted molar refractivity (Wildman–Crippen MR) is 103 cm³/mol. The maximum Gasteiger partial charge on any atom is 0.274 e. The highest BCUT2D eigenvalue weighted by Gasteiger charge is 2.13. The van der Waals surface area contributed by atoms with Gasteiger partial charge in [-0.3, -0.25) is 9.59 Å². The van der Waals surface area contributed by atoms with Crippen LogP contribution in [0.25, 0.3) is 0 Å². The number of halogens is 2. The van der Waals surface area contributed by atoms with Crippen molar-refractivity contribution in [2.24, 2.45) is 0 Å². The summed E-state index contributed by atoms with van der Waals surface area (Å²) < 4.78 is 13.2. The molecule has 3 aromatic rings. The van der Waals surface area contributed by atoms with E-state index in [4.69, 9.17) is 16.9 Å². The average molecular weight is 395 g/mol. The number of benzene rings is 2. The fraction of sp³-hybridized carbons (Fsp3) is 0. The molecule has 6 nitrogen and oxygen atoms in total. The molecular formula is C20H12ClFN4O2. The van der Waals surface area contributed by atoms with E-state index in [0.29, 0.717) is 16.9 Å². The molecule has 0 atom stereocenters. The zero-order valence-electron chi connectivity index (χ0n) is 14.2. The summed E-state index contributed by atoms with van der Waals surface area (Å²) >= 11 is 5.69. The van der Waals surface area contributed by atoms with Crippen LogP contribution < -0.4 is 10.6 Å². The molecule has 1 heterocycles. The van der Waals surface area contributed by atoms with Crippen LogP contribution >= 0.6 is 11.6 Å². The van der Waals surface area contributed by atoms with Crippen molar-refractivity contribution in [3.8, 4) is 6.07 Å². The van der Waals surface area contributed by atoms with Crippen LogP contribution in [0.1, 0.15) is 26.5 Å². The Morgan fingerprint density at radius 1 is 0.929 bits per heavy atom. The van der Waals surface area contributed by atoms with Crippen LogP contribution in [0.15, 0.2) is 60.7 Å². The number of aromatic nitrogens is 1. The third-order valence-corrected chi connectivity index (χ3v) is 3.95. The topological polar surface area (TPSA) is 94.9 Å². The molecule has 1 aromatic heterocycles. The van der Waals surface area contributed by atoms with E-state index in [0.717, 1.165) is 6.07 Å². The fourth-order valence-corrected chi connectivity index (χ4v) is 2.46. The maximum absolute atomic E-state index is 13.2. The highest BCUT2D eigenvalue weighted by molar-refractivity contribution is 6.31. The SMILES string of the molecule is N#Cc1ccc(NC(=O)c2cccc(C(=O)Nc3ccc(F)c(Cl)c3)n2)cc1. The van der Waals surface area contributed by atoms with Gasteiger partial charge in [0.2, 0.25) is 0 Å². The molecule has 0 spiro atoms. The molecule has 2 aromatic carbocycles. The van der Waals surface area contributed by atoms with Gasteiger partial charge in [-0.1, -0.05) is 17.7 Å². The van der Waals surface area contributed by atoms with Crippen LogP contribution in [0.3, 0.4) is 0 Å². The van der Waals surface area contributed by atoms with Gasteiger partial charge in [-0.2, -0.15) is 5.26 Å². The van der Waals surface area contributed by atoms with Gasteiger partial charge in [0.25, 0.3) is 11.8 Å². The van der Waals surface area contributed by atoms with Crippen LogP contribution in [0.5, 0.6) is 0 Å². The summed E-state index contributed by atoms with van der Waals surface area (Å²) in [7, 11) is 0. The summed E-state index contributed by atoms with van der Waals surface area (Å²) in [5.74, 6) is -1.68. The Kier molecular flexibility index (Phi) is 5.63. The summed E-state index contributed by atoms with van der Waals surface area (Å²) in [6.45, 7) is 0. The minimum absolute atomic E-state index is 0.00734. The molecule has 2 amide bonds. The van der Waals surface area contributed by atoms with E-state index in [-0.39, 0.29) is 16.4 Å². The van der Waals surface area contributed by atoms with E-state index in [1.165, 1.54) is 30.3 Å². The van der Waals surface area contributed by atoms with E-state index in [9.17, 15) is 14.0 Å². The number of carbonyl (C=O) groups is 2. The van der Waals surface area contributed by atoms with Crippen molar-refractivity contribution in [3.63, 3.8) is 0 Å². The molecule has 0 radical (unpaired) electrons. The molecule has 8 heteroatoms. The molecular weight excluding hydrogens is 383 g/mol. The first-order valence-electron chi connectivity index (χ1n) is 8.01. The third kappa shape index (κ3) is 4.50. The summed E-state index contributed by atoms with van der Waals surface area (Å²) in [6.07, 6.45) is 0. The lowest BCUT2D eigenvalue weighted by atomic mass is 10.2. The van der Waals surface area contributed by atoms with Gasteiger partial charge in [0, 0.05) is 11.4 Å². The van der Waals surface area contributed by atoms with Crippen molar-refractivity contribution in [1.29, 1.82) is 5.26 Å². The van der Waals surface area contributed by atoms with Gasteiger partial charge in [-0.25, -0.2) is 9.37 Å². The molecule has 0 aliphatic rings. The van der Waals surface area contributed by atoms with Crippen LogP contribution in [0.4, 0.5) is 15.8 Å². The van der Waals surface area contributed by atoms with Crippen molar-refractivity contribution >= 4 is 34.8 Å². The third-order valence-electron chi connectivity index (χ3n) is 3.66. The Bertz CT molecular complexity index is 1090. The molecule has 0 aliphatic heterocycles. The Balaban J connectivity index is 1.73. The first-order chi connectivity index (χ1) is 13.5. The number of nitrogens with zero attached hydrogens (tertiary/aromatic N) is 2. The van der Waals surface area contributed by atoms with Gasteiger partial charge < -0.3 is 10.6 Å². The summed E-state index contributed by atoms with van der Waals surface area (Å²) in [4.78, 5) is 28.8. The first-order valence-corrected chi connectivity index (χ1v) is 8.39. The van der Waals surface area contributed by atoms with Gasteiger partial charge in [0.05, 0.1) is 16.7 Å². The van der Waals surface area contributed by atoms with Crippen LogP contribution in [0, 0.1) is 17.1 Å².